The lowest BCUT2D eigenvalue weighted by Crippen LogP contribution is -2.26. The molecule has 2 aliphatic rings. The third-order valence-electron chi connectivity index (χ3n) is 4.61. The van der Waals surface area contributed by atoms with Crippen LogP contribution >= 0.6 is 0 Å². The Hall–Kier alpha value is -0.300. The maximum Gasteiger partial charge on any atom is 0.00765 e. The van der Waals surface area contributed by atoms with Gasteiger partial charge in [0.1, 0.15) is 0 Å². The zero-order chi connectivity index (χ0) is 10.8. The molecule has 1 fully saturated rings. The van der Waals surface area contributed by atoms with Gasteiger partial charge >= 0.3 is 0 Å². The molecule has 1 saturated carbocycles. The Balaban J connectivity index is 1.94. The van der Waals surface area contributed by atoms with Gasteiger partial charge in [-0.15, -0.1) is 0 Å². The lowest BCUT2D eigenvalue weighted by atomic mass is 9.71. The quantitative estimate of drug-likeness (QED) is 0.654. The summed E-state index contributed by atoms with van der Waals surface area (Å²) < 4.78 is 0. The molecule has 0 saturated heterocycles. The molecule has 2 rings (SSSR count). The van der Waals surface area contributed by atoms with Crippen molar-refractivity contribution < 1.29 is 0 Å². The topological polar surface area (TPSA) is 26.0 Å². The van der Waals surface area contributed by atoms with Gasteiger partial charge < -0.3 is 5.73 Å². The molecule has 0 aromatic carbocycles. The third kappa shape index (κ3) is 2.63. The molecule has 86 valence electrons. The largest absolute Gasteiger partial charge is 0.327 e. The summed E-state index contributed by atoms with van der Waals surface area (Å²) in [5.74, 6) is 2.75. The molecule has 0 spiro atoms. The second-order valence-corrected chi connectivity index (χ2v) is 5.78. The van der Waals surface area contributed by atoms with Crippen molar-refractivity contribution in [1.29, 1.82) is 0 Å². The normalized spacial score (nSPS) is 42.5. The van der Waals surface area contributed by atoms with Crippen LogP contribution in [0.2, 0.25) is 0 Å². The van der Waals surface area contributed by atoms with Crippen molar-refractivity contribution >= 4 is 0 Å². The van der Waals surface area contributed by atoms with E-state index in [9.17, 15) is 0 Å². The molecule has 15 heavy (non-hydrogen) atoms. The molecule has 2 N–H and O–H groups in total. The van der Waals surface area contributed by atoms with Crippen LogP contribution in [0.3, 0.4) is 0 Å². The highest BCUT2D eigenvalue weighted by Gasteiger charge is 2.27. The molecule has 0 amide bonds. The van der Waals surface area contributed by atoms with Crippen molar-refractivity contribution in [2.45, 2.75) is 58.4 Å². The molecule has 0 aromatic rings. The average Bonchev–Trinajstić information content (AvgIpc) is 2.23. The summed E-state index contributed by atoms with van der Waals surface area (Å²) in [6, 6.07) is 0.439. The van der Waals surface area contributed by atoms with Gasteiger partial charge in [0.05, 0.1) is 0 Å². The number of hydrogen-bond acceptors (Lipinski definition) is 1. The number of rotatable bonds is 1. The molecule has 0 aromatic heterocycles. The Kier molecular flexibility index (Phi) is 3.50. The molecule has 4 unspecified atom stereocenters. The van der Waals surface area contributed by atoms with Gasteiger partial charge in [-0.25, -0.2) is 0 Å². The minimum atomic E-state index is 0.439. The summed E-state index contributed by atoms with van der Waals surface area (Å²) in [4.78, 5) is 0. The molecule has 1 nitrogen and oxygen atoms in total. The van der Waals surface area contributed by atoms with Crippen LogP contribution < -0.4 is 5.73 Å². The van der Waals surface area contributed by atoms with Crippen molar-refractivity contribution in [2.24, 2.45) is 23.5 Å². The third-order valence-corrected chi connectivity index (χ3v) is 4.61. The van der Waals surface area contributed by atoms with E-state index in [1.54, 1.807) is 5.57 Å². The SMILES string of the molecule is CC1CCC(C2=CCC(N)CC2)CC1C. The number of allylic oxidation sites excluding steroid dienone is 1. The van der Waals surface area contributed by atoms with Gasteiger partial charge in [-0.05, 0) is 56.3 Å². The highest BCUT2D eigenvalue weighted by atomic mass is 14.6. The van der Waals surface area contributed by atoms with E-state index in [0.29, 0.717) is 6.04 Å². The van der Waals surface area contributed by atoms with E-state index in [0.717, 1.165) is 24.2 Å². The van der Waals surface area contributed by atoms with Gasteiger partial charge in [-0.3, -0.25) is 0 Å². The first-order valence-electron chi connectivity index (χ1n) is 6.61. The Morgan fingerprint density at radius 1 is 1.13 bits per heavy atom. The zero-order valence-corrected chi connectivity index (χ0v) is 10.2. The summed E-state index contributed by atoms with van der Waals surface area (Å²) in [5.41, 5.74) is 7.66. The molecule has 0 heterocycles. The highest BCUT2D eigenvalue weighted by molar-refractivity contribution is 5.12. The van der Waals surface area contributed by atoms with Crippen LogP contribution in [-0.4, -0.2) is 6.04 Å². The van der Waals surface area contributed by atoms with E-state index < -0.39 is 0 Å². The van der Waals surface area contributed by atoms with Gasteiger partial charge in [0.15, 0.2) is 0 Å². The lowest BCUT2D eigenvalue weighted by molar-refractivity contribution is 0.225. The fourth-order valence-corrected chi connectivity index (χ4v) is 3.13. The molecular weight excluding hydrogens is 182 g/mol. The van der Waals surface area contributed by atoms with E-state index in [-0.39, 0.29) is 0 Å². The fraction of sp³-hybridized carbons (Fsp3) is 0.857. The van der Waals surface area contributed by atoms with Crippen LogP contribution in [0, 0.1) is 17.8 Å². The second-order valence-electron chi connectivity index (χ2n) is 5.78. The first-order valence-corrected chi connectivity index (χ1v) is 6.61. The van der Waals surface area contributed by atoms with Crippen LogP contribution in [0.4, 0.5) is 0 Å². The van der Waals surface area contributed by atoms with E-state index in [4.69, 9.17) is 5.73 Å². The summed E-state index contributed by atoms with van der Waals surface area (Å²) in [5, 5.41) is 0. The summed E-state index contributed by atoms with van der Waals surface area (Å²) in [6.45, 7) is 4.83. The standard InChI is InChI=1S/C14H25N/c1-10-3-4-13(9-11(10)2)12-5-7-14(15)8-6-12/h5,10-11,13-14H,3-4,6-9,15H2,1-2H3. The van der Waals surface area contributed by atoms with Crippen molar-refractivity contribution in [3.63, 3.8) is 0 Å². The zero-order valence-electron chi connectivity index (χ0n) is 10.2. The van der Waals surface area contributed by atoms with Crippen molar-refractivity contribution in [2.75, 3.05) is 0 Å². The maximum absolute atomic E-state index is 5.93. The smallest absolute Gasteiger partial charge is 0.00765 e. The molecule has 2 aliphatic carbocycles. The summed E-state index contributed by atoms with van der Waals surface area (Å²) in [6.07, 6.45) is 10.3. The number of nitrogens with two attached hydrogens (primary N) is 1. The molecule has 0 radical (unpaired) electrons. The van der Waals surface area contributed by atoms with E-state index >= 15 is 0 Å². The second kappa shape index (κ2) is 4.69. The van der Waals surface area contributed by atoms with Gasteiger partial charge in [0.25, 0.3) is 0 Å². The Morgan fingerprint density at radius 2 is 1.93 bits per heavy atom. The van der Waals surface area contributed by atoms with E-state index in [1.165, 1.54) is 32.1 Å². The first-order chi connectivity index (χ1) is 7.16. The van der Waals surface area contributed by atoms with E-state index in [1.807, 2.05) is 0 Å². The van der Waals surface area contributed by atoms with Gasteiger partial charge in [0.2, 0.25) is 0 Å². The molecule has 0 bridgehead atoms. The average molecular weight is 207 g/mol. The van der Waals surface area contributed by atoms with Crippen LogP contribution in [0.1, 0.15) is 52.4 Å². The summed E-state index contributed by atoms with van der Waals surface area (Å²) in [7, 11) is 0. The van der Waals surface area contributed by atoms with Gasteiger partial charge in [-0.2, -0.15) is 0 Å². The van der Waals surface area contributed by atoms with Crippen LogP contribution in [-0.2, 0) is 0 Å². The number of hydrogen-bond donors (Lipinski definition) is 1. The van der Waals surface area contributed by atoms with Crippen LogP contribution in [0.5, 0.6) is 0 Å². The monoisotopic (exact) mass is 207 g/mol. The predicted octanol–water partition coefficient (Wildman–Crippen LogP) is 3.50. The Labute approximate surface area is 94.1 Å². The van der Waals surface area contributed by atoms with Crippen LogP contribution in [0.15, 0.2) is 11.6 Å². The highest BCUT2D eigenvalue weighted by Crippen LogP contribution is 2.39. The minimum absolute atomic E-state index is 0.439. The van der Waals surface area contributed by atoms with Gasteiger partial charge in [0, 0.05) is 6.04 Å². The Morgan fingerprint density at radius 3 is 2.53 bits per heavy atom. The Bertz CT molecular complexity index is 244. The molecule has 1 heteroatoms. The summed E-state index contributed by atoms with van der Waals surface area (Å²) >= 11 is 0. The molecular formula is C14H25N. The predicted molar refractivity (Wildman–Crippen MR) is 65.6 cm³/mol. The maximum atomic E-state index is 5.93. The van der Waals surface area contributed by atoms with Crippen molar-refractivity contribution in [3.8, 4) is 0 Å². The fourth-order valence-electron chi connectivity index (χ4n) is 3.13. The molecule has 0 aliphatic heterocycles. The molecule has 4 atom stereocenters. The minimum Gasteiger partial charge on any atom is -0.327 e. The van der Waals surface area contributed by atoms with Crippen LogP contribution in [0.25, 0.3) is 0 Å². The van der Waals surface area contributed by atoms with Crippen molar-refractivity contribution in [1.82, 2.24) is 0 Å². The van der Waals surface area contributed by atoms with Crippen molar-refractivity contribution in [3.05, 3.63) is 11.6 Å². The lowest BCUT2D eigenvalue weighted by Gasteiger charge is -2.35. The van der Waals surface area contributed by atoms with Gasteiger partial charge in [-0.1, -0.05) is 25.5 Å². The van der Waals surface area contributed by atoms with E-state index in [2.05, 4.69) is 19.9 Å². The first kappa shape index (κ1) is 11.2.